The SMILES string of the molecule is CCOC(=O)[C@](Cc1ccccc1)(NC(=O)[C@@H]1CCCN1C(=O)OCc1ccccc1)C(F)(F)F. The third kappa shape index (κ3) is 6.12. The second-order valence-corrected chi connectivity index (χ2v) is 8.17. The summed E-state index contributed by atoms with van der Waals surface area (Å²) in [5.41, 5.74) is -2.41. The van der Waals surface area contributed by atoms with Crippen molar-refractivity contribution in [3.05, 3.63) is 71.8 Å². The van der Waals surface area contributed by atoms with Crippen molar-refractivity contribution in [2.24, 2.45) is 0 Å². The molecular weight excluding hydrogens is 465 g/mol. The number of benzene rings is 2. The summed E-state index contributed by atoms with van der Waals surface area (Å²) >= 11 is 0. The Bertz CT molecular complexity index is 1020. The number of hydrogen-bond donors (Lipinski definition) is 1. The Morgan fingerprint density at radius 3 is 2.14 bits per heavy atom. The predicted octanol–water partition coefficient (Wildman–Crippen LogP) is 4.01. The smallest absolute Gasteiger partial charge is 0.422 e. The van der Waals surface area contributed by atoms with E-state index in [1.807, 2.05) is 5.32 Å². The fraction of sp³-hybridized carbons (Fsp3) is 0.400. The van der Waals surface area contributed by atoms with Crippen molar-refractivity contribution in [2.45, 2.75) is 50.6 Å². The third-order valence-electron chi connectivity index (χ3n) is 5.75. The van der Waals surface area contributed by atoms with Crippen molar-refractivity contribution in [3.63, 3.8) is 0 Å². The molecule has 1 aliphatic heterocycles. The van der Waals surface area contributed by atoms with Crippen LogP contribution in [0.15, 0.2) is 60.7 Å². The van der Waals surface area contributed by atoms with E-state index in [2.05, 4.69) is 0 Å². The largest absolute Gasteiger partial charge is 0.464 e. The Hall–Kier alpha value is -3.56. The molecule has 2 amide bonds. The number of nitrogens with zero attached hydrogens (tertiary/aromatic N) is 1. The van der Waals surface area contributed by atoms with Crippen LogP contribution in [0.5, 0.6) is 0 Å². The molecule has 1 aliphatic rings. The number of rotatable bonds is 8. The lowest BCUT2D eigenvalue weighted by Gasteiger charge is -2.36. The van der Waals surface area contributed by atoms with Gasteiger partial charge in [-0.15, -0.1) is 0 Å². The lowest BCUT2D eigenvalue weighted by molar-refractivity contribution is -0.214. The fourth-order valence-corrected chi connectivity index (χ4v) is 3.96. The van der Waals surface area contributed by atoms with Gasteiger partial charge in [0.25, 0.3) is 0 Å². The predicted molar refractivity (Wildman–Crippen MR) is 120 cm³/mol. The molecule has 35 heavy (non-hydrogen) atoms. The first-order chi connectivity index (χ1) is 16.7. The van der Waals surface area contributed by atoms with Crippen LogP contribution in [-0.2, 0) is 32.1 Å². The summed E-state index contributed by atoms with van der Waals surface area (Å²) in [6.07, 6.45) is -6.30. The molecule has 1 heterocycles. The second kappa shape index (κ2) is 11.2. The van der Waals surface area contributed by atoms with Crippen molar-refractivity contribution < 1.29 is 37.0 Å². The van der Waals surface area contributed by atoms with Gasteiger partial charge >= 0.3 is 18.2 Å². The molecule has 3 rings (SSSR count). The van der Waals surface area contributed by atoms with Crippen molar-refractivity contribution in [2.75, 3.05) is 13.2 Å². The Morgan fingerprint density at radius 2 is 1.57 bits per heavy atom. The van der Waals surface area contributed by atoms with Crippen LogP contribution >= 0.6 is 0 Å². The number of ether oxygens (including phenoxy) is 2. The minimum absolute atomic E-state index is 0.0478. The van der Waals surface area contributed by atoms with E-state index in [0.29, 0.717) is 6.42 Å². The zero-order valence-electron chi connectivity index (χ0n) is 19.2. The zero-order chi connectivity index (χ0) is 25.5. The van der Waals surface area contributed by atoms with Gasteiger partial charge in [0, 0.05) is 13.0 Å². The van der Waals surface area contributed by atoms with Gasteiger partial charge in [-0.05, 0) is 30.9 Å². The molecule has 0 unspecified atom stereocenters. The average Bonchev–Trinajstić information content (AvgIpc) is 3.33. The molecule has 188 valence electrons. The topological polar surface area (TPSA) is 84.9 Å². The number of nitrogens with one attached hydrogen (secondary N) is 1. The van der Waals surface area contributed by atoms with Crippen LogP contribution in [0.2, 0.25) is 0 Å². The molecule has 1 N–H and O–H groups in total. The van der Waals surface area contributed by atoms with Crippen LogP contribution in [0.1, 0.15) is 30.9 Å². The molecule has 0 bridgehead atoms. The number of esters is 1. The first-order valence-corrected chi connectivity index (χ1v) is 11.2. The Morgan fingerprint density at radius 1 is 0.971 bits per heavy atom. The molecule has 0 radical (unpaired) electrons. The number of likely N-dealkylation sites (tertiary alicyclic amines) is 1. The van der Waals surface area contributed by atoms with E-state index in [-0.39, 0.29) is 31.7 Å². The minimum atomic E-state index is -5.16. The van der Waals surface area contributed by atoms with Gasteiger partial charge in [0.1, 0.15) is 12.6 Å². The lowest BCUT2D eigenvalue weighted by Crippen LogP contribution is -2.68. The number of alkyl halides is 3. The normalized spacial score (nSPS) is 17.4. The van der Waals surface area contributed by atoms with Crippen molar-refractivity contribution in [3.8, 4) is 0 Å². The maximum atomic E-state index is 14.4. The Labute approximate surface area is 201 Å². The van der Waals surface area contributed by atoms with Crippen LogP contribution < -0.4 is 5.32 Å². The van der Waals surface area contributed by atoms with Gasteiger partial charge in [0.2, 0.25) is 11.4 Å². The van der Waals surface area contributed by atoms with E-state index in [0.717, 1.165) is 10.5 Å². The molecule has 10 heteroatoms. The summed E-state index contributed by atoms with van der Waals surface area (Å²) in [5.74, 6) is -2.71. The Kier molecular flexibility index (Phi) is 8.37. The van der Waals surface area contributed by atoms with Gasteiger partial charge < -0.3 is 14.8 Å². The molecule has 0 aliphatic carbocycles. The van der Waals surface area contributed by atoms with E-state index in [1.54, 1.807) is 36.4 Å². The van der Waals surface area contributed by atoms with Gasteiger partial charge in [-0.25, -0.2) is 9.59 Å². The summed E-state index contributed by atoms with van der Waals surface area (Å²) in [4.78, 5) is 39.5. The van der Waals surface area contributed by atoms with E-state index in [4.69, 9.17) is 9.47 Å². The van der Waals surface area contributed by atoms with Crippen molar-refractivity contribution in [1.82, 2.24) is 10.2 Å². The first-order valence-electron chi connectivity index (χ1n) is 11.2. The van der Waals surface area contributed by atoms with Gasteiger partial charge in [-0.1, -0.05) is 60.7 Å². The van der Waals surface area contributed by atoms with E-state index >= 15 is 0 Å². The fourth-order valence-electron chi connectivity index (χ4n) is 3.96. The number of hydrogen-bond acceptors (Lipinski definition) is 5. The van der Waals surface area contributed by atoms with Crippen LogP contribution in [0.4, 0.5) is 18.0 Å². The van der Waals surface area contributed by atoms with Crippen molar-refractivity contribution in [1.29, 1.82) is 0 Å². The van der Waals surface area contributed by atoms with E-state index < -0.39 is 42.1 Å². The maximum absolute atomic E-state index is 14.4. The molecule has 0 spiro atoms. The van der Waals surface area contributed by atoms with Crippen LogP contribution in [-0.4, -0.2) is 53.8 Å². The van der Waals surface area contributed by atoms with Gasteiger partial charge in [-0.2, -0.15) is 13.2 Å². The summed E-state index contributed by atoms with van der Waals surface area (Å²) in [6, 6.07) is 15.2. The number of carbonyl (C=O) groups excluding carboxylic acids is 3. The Balaban J connectivity index is 1.82. The highest BCUT2D eigenvalue weighted by molar-refractivity contribution is 5.93. The molecule has 0 saturated carbocycles. The van der Waals surface area contributed by atoms with Crippen LogP contribution in [0.3, 0.4) is 0 Å². The van der Waals surface area contributed by atoms with Crippen LogP contribution in [0.25, 0.3) is 0 Å². The van der Waals surface area contributed by atoms with E-state index in [9.17, 15) is 27.6 Å². The molecule has 1 fully saturated rings. The van der Waals surface area contributed by atoms with Gasteiger partial charge in [-0.3, -0.25) is 9.69 Å². The number of carbonyl (C=O) groups is 3. The summed E-state index contributed by atoms with van der Waals surface area (Å²) < 4.78 is 53.3. The van der Waals surface area contributed by atoms with E-state index in [1.165, 1.54) is 31.2 Å². The number of amides is 2. The molecule has 2 atom stereocenters. The molecule has 0 aromatic heterocycles. The third-order valence-corrected chi connectivity index (χ3v) is 5.75. The van der Waals surface area contributed by atoms with Gasteiger partial charge in [0.15, 0.2) is 0 Å². The summed E-state index contributed by atoms with van der Waals surface area (Å²) in [5, 5.41) is 1.92. The van der Waals surface area contributed by atoms with Crippen LogP contribution in [0, 0.1) is 0 Å². The standard InChI is InChI=1S/C25H27F3N2O5/c1-2-34-22(32)24(25(26,27)28,16-18-10-5-3-6-11-18)29-21(31)20-14-9-15-30(20)23(33)35-17-19-12-7-4-8-13-19/h3-8,10-13,20H,2,9,14-17H2,1H3,(H,29,31)/t20-,24-/m0/s1. The first kappa shape index (κ1) is 26.1. The maximum Gasteiger partial charge on any atom is 0.422 e. The van der Waals surface area contributed by atoms with Crippen molar-refractivity contribution >= 4 is 18.0 Å². The molecule has 2 aromatic rings. The summed E-state index contributed by atoms with van der Waals surface area (Å²) in [6.45, 7) is 1.17. The average molecular weight is 492 g/mol. The minimum Gasteiger partial charge on any atom is -0.464 e. The highest BCUT2D eigenvalue weighted by Gasteiger charge is 2.63. The highest BCUT2D eigenvalue weighted by Crippen LogP contribution is 2.35. The zero-order valence-corrected chi connectivity index (χ0v) is 19.2. The number of halogens is 3. The summed E-state index contributed by atoms with van der Waals surface area (Å²) in [7, 11) is 0. The lowest BCUT2D eigenvalue weighted by atomic mass is 9.89. The molecule has 7 nitrogen and oxygen atoms in total. The quantitative estimate of drug-likeness (QED) is 0.563. The monoisotopic (exact) mass is 492 g/mol. The van der Waals surface area contributed by atoms with Gasteiger partial charge in [0.05, 0.1) is 6.61 Å². The molecule has 2 aromatic carbocycles. The second-order valence-electron chi connectivity index (χ2n) is 8.17. The molecule has 1 saturated heterocycles. The highest BCUT2D eigenvalue weighted by atomic mass is 19.4. The molecular formula is C25H27F3N2O5.